The van der Waals surface area contributed by atoms with Crippen LogP contribution in [0.3, 0.4) is 0 Å². The summed E-state index contributed by atoms with van der Waals surface area (Å²) in [4.78, 5) is 29.2. The van der Waals surface area contributed by atoms with Crippen LogP contribution in [0.4, 0.5) is 5.82 Å². The van der Waals surface area contributed by atoms with Crippen LogP contribution in [0.25, 0.3) is 11.0 Å². The highest BCUT2D eigenvalue weighted by atomic mass is 32.2. The Hall–Kier alpha value is -2.81. The molecule has 0 saturated carbocycles. The molecular formula is C19H22N6O2S. The number of aromatic nitrogens is 4. The maximum Gasteiger partial charge on any atom is 0.245 e. The summed E-state index contributed by atoms with van der Waals surface area (Å²) < 4.78 is 3.42. The zero-order chi connectivity index (χ0) is 19.5. The standard InChI is InChI=1S/C19H22N6O2S/c1-2-7-20-17(26)9-25-19(13-10-28-11-15(13)23-25)22-18(27)8-24-12-21-14-5-3-4-6-16(14)24/h3-6,12H,2,7-11H2,1H3,(H,20,26)(H,22,27). The van der Waals surface area contributed by atoms with Gasteiger partial charge in [-0.15, -0.1) is 0 Å². The minimum atomic E-state index is -0.169. The monoisotopic (exact) mass is 398 g/mol. The number of anilines is 1. The third-order valence-electron chi connectivity index (χ3n) is 4.58. The summed E-state index contributed by atoms with van der Waals surface area (Å²) in [6, 6.07) is 7.69. The molecule has 4 rings (SSSR count). The Morgan fingerprint density at radius 2 is 2.04 bits per heavy atom. The van der Waals surface area contributed by atoms with Crippen LogP contribution < -0.4 is 10.6 Å². The largest absolute Gasteiger partial charge is 0.355 e. The van der Waals surface area contributed by atoms with E-state index in [0.717, 1.165) is 40.2 Å². The van der Waals surface area contributed by atoms with Gasteiger partial charge >= 0.3 is 0 Å². The summed E-state index contributed by atoms with van der Waals surface area (Å²) in [5.41, 5.74) is 3.71. The Kier molecular flexibility index (Phi) is 5.34. The van der Waals surface area contributed by atoms with Gasteiger partial charge in [-0.1, -0.05) is 19.1 Å². The lowest BCUT2D eigenvalue weighted by Gasteiger charge is -2.12. The first-order chi connectivity index (χ1) is 13.7. The molecule has 1 aromatic carbocycles. The van der Waals surface area contributed by atoms with Gasteiger partial charge in [0.25, 0.3) is 0 Å². The van der Waals surface area contributed by atoms with Gasteiger partial charge in [0, 0.05) is 23.6 Å². The molecule has 0 unspecified atom stereocenters. The molecule has 0 spiro atoms. The molecule has 9 heteroatoms. The summed E-state index contributed by atoms with van der Waals surface area (Å²) >= 11 is 1.76. The van der Waals surface area contributed by atoms with Crippen molar-refractivity contribution in [3.63, 3.8) is 0 Å². The number of nitrogens with one attached hydrogen (secondary N) is 2. The number of rotatable bonds is 7. The molecule has 0 aliphatic carbocycles. The van der Waals surface area contributed by atoms with Crippen molar-refractivity contribution < 1.29 is 9.59 Å². The van der Waals surface area contributed by atoms with Gasteiger partial charge in [0.15, 0.2) is 0 Å². The van der Waals surface area contributed by atoms with Gasteiger partial charge in [0.05, 0.1) is 23.1 Å². The van der Waals surface area contributed by atoms with E-state index in [0.29, 0.717) is 12.4 Å². The molecule has 0 saturated heterocycles. The number of amides is 2. The molecule has 28 heavy (non-hydrogen) atoms. The number of carbonyl (C=O) groups excluding carboxylic acids is 2. The number of nitrogens with zero attached hydrogens (tertiary/aromatic N) is 4. The van der Waals surface area contributed by atoms with E-state index < -0.39 is 0 Å². The number of para-hydroxylation sites is 2. The third kappa shape index (κ3) is 3.75. The zero-order valence-corrected chi connectivity index (χ0v) is 16.5. The van der Waals surface area contributed by atoms with Crippen LogP contribution in [0.15, 0.2) is 30.6 Å². The van der Waals surface area contributed by atoms with E-state index in [1.165, 1.54) is 0 Å². The van der Waals surface area contributed by atoms with Crippen molar-refractivity contribution in [1.29, 1.82) is 0 Å². The lowest BCUT2D eigenvalue weighted by atomic mass is 10.2. The molecule has 0 radical (unpaired) electrons. The third-order valence-corrected chi connectivity index (χ3v) is 5.55. The number of carbonyl (C=O) groups is 2. The van der Waals surface area contributed by atoms with Crippen LogP contribution >= 0.6 is 11.8 Å². The second-order valence-electron chi connectivity index (χ2n) is 6.68. The van der Waals surface area contributed by atoms with Crippen LogP contribution in [0, 0.1) is 0 Å². The molecular weight excluding hydrogens is 376 g/mol. The summed E-state index contributed by atoms with van der Waals surface area (Å²) in [5, 5.41) is 10.4. The normalized spacial score (nSPS) is 12.9. The van der Waals surface area contributed by atoms with Gasteiger partial charge in [0.2, 0.25) is 11.8 Å². The molecule has 2 amide bonds. The number of benzene rings is 1. The molecule has 0 atom stereocenters. The fourth-order valence-corrected chi connectivity index (χ4v) is 4.27. The average Bonchev–Trinajstić information content (AvgIpc) is 3.38. The summed E-state index contributed by atoms with van der Waals surface area (Å²) in [6.45, 7) is 2.88. The smallest absolute Gasteiger partial charge is 0.245 e. The van der Waals surface area contributed by atoms with Crippen molar-refractivity contribution in [3.8, 4) is 0 Å². The van der Waals surface area contributed by atoms with Gasteiger partial charge in [0.1, 0.15) is 18.9 Å². The minimum absolute atomic E-state index is 0.0985. The van der Waals surface area contributed by atoms with Crippen molar-refractivity contribution in [2.24, 2.45) is 0 Å². The van der Waals surface area contributed by atoms with Crippen molar-refractivity contribution in [1.82, 2.24) is 24.6 Å². The summed E-state index contributed by atoms with van der Waals surface area (Å²) in [5.74, 6) is 1.94. The Labute approximate surface area is 166 Å². The van der Waals surface area contributed by atoms with Crippen LogP contribution in [-0.2, 0) is 34.2 Å². The molecule has 3 heterocycles. The van der Waals surface area contributed by atoms with Crippen molar-refractivity contribution in [2.75, 3.05) is 11.9 Å². The molecule has 2 N–H and O–H groups in total. The molecule has 1 aliphatic heterocycles. The summed E-state index contributed by atoms with van der Waals surface area (Å²) in [7, 11) is 0. The average molecular weight is 398 g/mol. The quantitative estimate of drug-likeness (QED) is 0.636. The molecule has 1 aliphatic rings. The first-order valence-corrected chi connectivity index (χ1v) is 10.4. The number of fused-ring (bicyclic) bond motifs is 2. The van der Waals surface area contributed by atoms with Gasteiger partial charge in [-0.05, 0) is 18.6 Å². The predicted molar refractivity (Wildman–Crippen MR) is 109 cm³/mol. The van der Waals surface area contributed by atoms with E-state index >= 15 is 0 Å². The van der Waals surface area contributed by atoms with E-state index in [9.17, 15) is 9.59 Å². The topological polar surface area (TPSA) is 93.8 Å². The highest BCUT2D eigenvalue weighted by molar-refractivity contribution is 7.98. The Morgan fingerprint density at radius 1 is 1.18 bits per heavy atom. The van der Waals surface area contributed by atoms with Crippen LogP contribution in [-0.4, -0.2) is 37.7 Å². The van der Waals surface area contributed by atoms with E-state index in [-0.39, 0.29) is 24.9 Å². The highest BCUT2D eigenvalue weighted by Crippen LogP contribution is 2.34. The Bertz CT molecular complexity index is 1020. The second kappa shape index (κ2) is 8.05. The number of imidazole rings is 1. The van der Waals surface area contributed by atoms with E-state index in [4.69, 9.17) is 0 Å². The van der Waals surface area contributed by atoms with Crippen molar-refractivity contribution >= 4 is 40.4 Å². The van der Waals surface area contributed by atoms with Crippen LogP contribution in [0.5, 0.6) is 0 Å². The van der Waals surface area contributed by atoms with Gasteiger partial charge in [-0.2, -0.15) is 16.9 Å². The molecule has 2 aromatic heterocycles. The Morgan fingerprint density at radius 3 is 2.89 bits per heavy atom. The van der Waals surface area contributed by atoms with Gasteiger partial charge in [-0.3, -0.25) is 9.59 Å². The maximum atomic E-state index is 12.7. The van der Waals surface area contributed by atoms with Gasteiger partial charge < -0.3 is 15.2 Å². The van der Waals surface area contributed by atoms with Crippen LogP contribution in [0.2, 0.25) is 0 Å². The highest BCUT2D eigenvalue weighted by Gasteiger charge is 2.25. The lowest BCUT2D eigenvalue weighted by Crippen LogP contribution is -2.30. The Balaban J connectivity index is 1.51. The molecule has 3 aromatic rings. The number of thioether (sulfide) groups is 1. The molecule has 0 fully saturated rings. The minimum Gasteiger partial charge on any atom is -0.355 e. The van der Waals surface area contributed by atoms with Crippen molar-refractivity contribution in [2.45, 2.75) is 37.9 Å². The fourth-order valence-electron chi connectivity index (χ4n) is 3.24. The van der Waals surface area contributed by atoms with E-state index in [2.05, 4.69) is 20.7 Å². The number of hydrogen-bond donors (Lipinski definition) is 2. The zero-order valence-electron chi connectivity index (χ0n) is 15.6. The number of hydrogen-bond acceptors (Lipinski definition) is 5. The molecule has 146 valence electrons. The summed E-state index contributed by atoms with van der Waals surface area (Å²) in [6.07, 6.45) is 2.54. The van der Waals surface area contributed by atoms with Crippen LogP contribution in [0.1, 0.15) is 24.6 Å². The fraction of sp³-hybridized carbons (Fsp3) is 0.368. The second-order valence-corrected chi connectivity index (χ2v) is 7.67. The maximum absolute atomic E-state index is 12.7. The van der Waals surface area contributed by atoms with Crippen molar-refractivity contribution in [3.05, 3.63) is 41.9 Å². The van der Waals surface area contributed by atoms with E-state index in [1.807, 2.05) is 35.8 Å². The first-order valence-electron chi connectivity index (χ1n) is 9.28. The SMILES string of the molecule is CCCNC(=O)Cn1nc2c(c1NC(=O)Cn1cnc3ccccc31)CSC2. The predicted octanol–water partition coefficient (Wildman–Crippen LogP) is 2.14. The van der Waals surface area contributed by atoms with Gasteiger partial charge in [-0.25, -0.2) is 9.67 Å². The van der Waals surface area contributed by atoms with E-state index in [1.54, 1.807) is 22.8 Å². The lowest BCUT2D eigenvalue weighted by molar-refractivity contribution is -0.122. The molecule has 0 bridgehead atoms. The first kappa shape index (κ1) is 18.5. The molecule has 8 nitrogen and oxygen atoms in total.